The molecule has 30 heavy (non-hydrogen) atoms. The van der Waals surface area contributed by atoms with Crippen LogP contribution in [0.1, 0.15) is 63.2 Å². The second kappa shape index (κ2) is 7.93. The number of ketones is 1. The molecule has 2 aliphatic rings. The van der Waals surface area contributed by atoms with Crippen molar-refractivity contribution in [1.29, 1.82) is 0 Å². The number of fused-ring (bicyclic) bond motifs is 3. The summed E-state index contributed by atoms with van der Waals surface area (Å²) >= 11 is 0. The van der Waals surface area contributed by atoms with Gasteiger partial charge in [0.2, 0.25) is 0 Å². The lowest BCUT2D eigenvalue weighted by atomic mass is 9.75. The van der Waals surface area contributed by atoms with Crippen molar-refractivity contribution in [1.82, 2.24) is 4.90 Å². The number of rotatable bonds is 3. The minimum Gasteiger partial charge on any atom is -0.496 e. The van der Waals surface area contributed by atoms with Crippen LogP contribution < -0.4 is 4.74 Å². The number of nitrogens with zero attached hydrogens (tertiary/aromatic N) is 1. The molecule has 5 heteroatoms. The first kappa shape index (κ1) is 20.7. The Morgan fingerprint density at radius 2 is 1.67 bits per heavy atom. The lowest BCUT2D eigenvalue weighted by Gasteiger charge is -2.48. The van der Waals surface area contributed by atoms with Crippen molar-refractivity contribution in [2.24, 2.45) is 5.92 Å². The third-order valence-corrected chi connectivity index (χ3v) is 6.31. The molecule has 0 saturated carbocycles. The van der Waals surface area contributed by atoms with E-state index in [2.05, 4.69) is 0 Å². The zero-order valence-corrected chi connectivity index (χ0v) is 18.3. The molecule has 2 heterocycles. The largest absolute Gasteiger partial charge is 0.496 e. The van der Waals surface area contributed by atoms with Crippen molar-refractivity contribution < 1.29 is 19.1 Å². The Hall–Kier alpha value is -2.56. The Balaban J connectivity index is 1.62. The first-order valence-electron chi connectivity index (χ1n) is 10.9. The van der Waals surface area contributed by atoms with Crippen LogP contribution in [0.5, 0.6) is 5.75 Å². The summed E-state index contributed by atoms with van der Waals surface area (Å²) in [6.07, 6.45) is 4.05. The van der Waals surface area contributed by atoms with Crippen molar-refractivity contribution in [2.45, 2.75) is 70.6 Å². The maximum absolute atomic E-state index is 13.7. The first-order valence-corrected chi connectivity index (χ1v) is 10.9. The van der Waals surface area contributed by atoms with Gasteiger partial charge in [0, 0.05) is 18.0 Å². The van der Waals surface area contributed by atoms with Crippen LogP contribution in [-0.4, -0.2) is 41.6 Å². The summed E-state index contributed by atoms with van der Waals surface area (Å²) in [5.41, 5.74) is 0.151. The van der Waals surface area contributed by atoms with Gasteiger partial charge in [0.15, 0.2) is 5.78 Å². The topological polar surface area (TPSA) is 55.8 Å². The molecule has 0 N–H and O–H groups in total. The normalized spacial score (nSPS) is 23.9. The molecule has 2 aromatic carbocycles. The Kier molecular flexibility index (Phi) is 5.48. The molecule has 4 rings (SSSR count). The lowest BCUT2D eigenvalue weighted by molar-refractivity contribution is -0.0260. The molecule has 0 radical (unpaired) electrons. The van der Waals surface area contributed by atoms with Crippen molar-refractivity contribution in [3.05, 3.63) is 42.0 Å². The fourth-order valence-electron chi connectivity index (χ4n) is 5.09. The minimum atomic E-state index is -0.519. The van der Waals surface area contributed by atoms with Gasteiger partial charge < -0.3 is 14.4 Å². The number of Topliss-reactive ketones (excluding diaryl/α,β-unsaturated/α-hetero) is 1. The molecule has 0 aliphatic carbocycles. The molecule has 2 unspecified atom stereocenters. The van der Waals surface area contributed by atoms with Crippen LogP contribution in [0.25, 0.3) is 10.8 Å². The molecule has 2 bridgehead atoms. The summed E-state index contributed by atoms with van der Waals surface area (Å²) in [6.45, 7) is 5.68. The van der Waals surface area contributed by atoms with E-state index in [1.54, 1.807) is 7.11 Å². The molecule has 2 aliphatic heterocycles. The van der Waals surface area contributed by atoms with Gasteiger partial charge in [-0.2, -0.15) is 0 Å². The highest BCUT2D eigenvalue weighted by Crippen LogP contribution is 2.41. The van der Waals surface area contributed by atoms with E-state index in [1.165, 1.54) is 0 Å². The zero-order valence-electron chi connectivity index (χ0n) is 18.3. The lowest BCUT2D eigenvalue weighted by Crippen LogP contribution is -2.56. The molecule has 160 valence electrons. The summed E-state index contributed by atoms with van der Waals surface area (Å²) in [5, 5.41) is 1.97. The highest BCUT2D eigenvalue weighted by atomic mass is 16.6. The monoisotopic (exact) mass is 409 g/mol. The highest BCUT2D eigenvalue weighted by Gasteiger charge is 2.45. The van der Waals surface area contributed by atoms with Gasteiger partial charge in [0.25, 0.3) is 0 Å². The average Bonchev–Trinajstić information content (AvgIpc) is 2.70. The first-order chi connectivity index (χ1) is 14.3. The standard InChI is InChI=1S/C25H31NO4/c1-25(2,3)30-24(28)26-18-9-7-10-19(26)15-17(14-18)23(27)22-20-11-6-5-8-16(20)12-13-21(22)29-4/h5-6,8,11-13,17-19H,7,9-10,14-15H2,1-4H3. The maximum atomic E-state index is 13.7. The van der Waals surface area contributed by atoms with Crippen LogP contribution in [0.4, 0.5) is 4.79 Å². The Morgan fingerprint density at radius 3 is 2.30 bits per heavy atom. The van der Waals surface area contributed by atoms with Crippen molar-refractivity contribution in [2.75, 3.05) is 7.11 Å². The number of piperidine rings is 2. The molecule has 5 nitrogen and oxygen atoms in total. The van der Waals surface area contributed by atoms with E-state index in [4.69, 9.17) is 9.47 Å². The average molecular weight is 410 g/mol. The molecule has 2 atom stereocenters. The molecule has 2 saturated heterocycles. The quantitative estimate of drug-likeness (QED) is 0.619. The predicted octanol–water partition coefficient (Wildman–Crippen LogP) is 5.60. The fourth-order valence-corrected chi connectivity index (χ4v) is 5.09. The third kappa shape index (κ3) is 3.90. The maximum Gasteiger partial charge on any atom is 0.410 e. The second-order valence-corrected chi connectivity index (χ2v) is 9.52. The van der Waals surface area contributed by atoms with E-state index in [-0.39, 0.29) is 29.9 Å². The molecule has 0 aromatic heterocycles. The summed E-state index contributed by atoms with van der Waals surface area (Å²) in [6, 6.07) is 11.9. The van der Waals surface area contributed by atoms with E-state index < -0.39 is 5.60 Å². The van der Waals surface area contributed by atoms with Gasteiger partial charge in [-0.1, -0.05) is 30.3 Å². The summed E-state index contributed by atoms with van der Waals surface area (Å²) < 4.78 is 11.2. The smallest absolute Gasteiger partial charge is 0.410 e. The van der Waals surface area contributed by atoms with Crippen LogP contribution in [0, 0.1) is 5.92 Å². The van der Waals surface area contributed by atoms with Crippen LogP contribution in [0.2, 0.25) is 0 Å². The van der Waals surface area contributed by atoms with E-state index in [1.807, 2.05) is 62.1 Å². The third-order valence-electron chi connectivity index (χ3n) is 6.31. The SMILES string of the molecule is COc1ccc2ccccc2c1C(=O)C1CC2CCCC(C1)N2C(=O)OC(C)(C)C. The van der Waals surface area contributed by atoms with E-state index >= 15 is 0 Å². The predicted molar refractivity (Wildman–Crippen MR) is 117 cm³/mol. The van der Waals surface area contributed by atoms with E-state index in [0.717, 1.165) is 30.0 Å². The molecule has 2 fully saturated rings. The molecule has 2 aromatic rings. The van der Waals surface area contributed by atoms with Crippen molar-refractivity contribution in [3.63, 3.8) is 0 Å². The number of benzene rings is 2. The molecular formula is C25H31NO4. The molecule has 1 amide bonds. The van der Waals surface area contributed by atoms with Gasteiger partial charge in [-0.15, -0.1) is 0 Å². The number of carbonyl (C=O) groups excluding carboxylic acids is 2. The molecular weight excluding hydrogens is 378 g/mol. The minimum absolute atomic E-state index is 0.0577. The number of hydrogen-bond donors (Lipinski definition) is 0. The summed E-state index contributed by atoms with van der Waals surface area (Å²) in [5.74, 6) is 0.640. The van der Waals surface area contributed by atoms with E-state index in [9.17, 15) is 9.59 Å². The van der Waals surface area contributed by atoms with Gasteiger partial charge in [-0.25, -0.2) is 4.79 Å². The van der Waals surface area contributed by atoms with Gasteiger partial charge >= 0.3 is 6.09 Å². The van der Waals surface area contributed by atoms with Crippen LogP contribution in [0.3, 0.4) is 0 Å². The van der Waals surface area contributed by atoms with Crippen molar-refractivity contribution in [3.8, 4) is 5.75 Å². The van der Waals surface area contributed by atoms with Gasteiger partial charge in [-0.3, -0.25) is 4.79 Å². The second-order valence-electron chi connectivity index (χ2n) is 9.52. The highest BCUT2D eigenvalue weighted by molar-refractivity contribution is 6.11. The summed E-state index contributed by atoms with van der Waals surface area (Å²) in [4.78, 5) is 28.5. The summed E-state index contributed by atoms with van der Waals surface area (Å²) in [7, 11) is 1.61. The Labute approximate surface area is 178 Å². The van der Waals surface area contributed by atoms with E-state index in [0.29, 0.717) is 24.2 Å². The van der Waals surface area contributed by atoms with Gasteiger partial charge in [-0.05, 0) is 69.7 Å². The Bertz CT molecular complexity index is 947. The number of hydrogen-bond acceptors (Lipinski definition) is 4. The van der Waals surface area contributed by atoms with Crippen LogP contribution in [0.15, 0.2) is 36.4 Å². The van der Waals surface area contributed by atoms with Crippen LogP contribution >= 0.6 is 0 Å². The van der Waals surface area contributed by atoms with Gasteiger partial charge in [0.1, 0.15) is 11.4 Å². The molecule has 0 spiro atoms. The van der Waals surface area contributed by atoms with Gasteiger partial charge in [0.05, 0.1) is 12.7 Å². The fraction of sp³-hybridized carbons (Fsp3) is 0.520. The Morgan fingerprint density at radius 1 is 1.00 bits per heavy atom. The number of carbonyl (C=O) groups is 2. The van der Waals surface area contributed by atoms with Crippen molar-refractivity contribution >= 4 is 22.6 Å². The number of ether oxygens (including phenoxy) is 2. The number of amides is 1. The van der Waals surface area contributed by atoms with Crippen LogP contribution in [-0.2, 0) is 4.74 Å². The number of methoxy groups -OCH3 is 1. The zero-order chi connectivity index (χ0) is 21.5.